The summed E-state index contributed by atoms with van der Waals surface area (Å²) in [5.41, 5.74) is 1.76. The third-order valence-corrected chi connectivity index (χ3v) is 3.86. The van der Waals surface area contributed by atoms with E-state index in [9.17, 15) is 4.79 Å². The lowest BCUT2D eigenvalue weighted by molar-refractivity contribution is -0.120. The second-order valence-corrected chi connectivity index (χ2v) is 5.79. The highest BCUT2D eigenvalue weighted by molar-refractivity contribution is 6.31. The molecule has 128 valence electrons. The van der Waals surface area contributed by atoms with Crippen LogP contribution in [0, 0.1) is 0 Å². The maximum atomic E-state index is 12.1. The number of carbonyl (C=O) groups is 1. The minimum absolute atomic E-state index is 0.0702. The molecule has 2 aromatic rings. The molecule has 1 N–H and O–H groups in total. The summed E-state index contributed by atoms with van der Waals surface area (Å²) >= 11 is 6.08. The van der Waals surface area contributed by atoms with Gasteiger partial charge in [-0.05, 0) is 35.7 Å². The van der Waals surface area contributed by atoms with Gasteiger partial charge in [0.2, 0.25) is 5.91 Å². The molecule has 0 unspecified atom stereocenters. The van der Waals surface area contributed by atoms with Crippen LogP contribution in [0.25, 0.3) is 0 Å². The van der Waals surface area contributed by atoms with Gasteiger partial charge in [0, 0.05) is 11.6 Å². The van der Waals surface area contributed by atoms with Crippen LogP contribution in [-0.4, -0.2) is 19.6 Å². The van der Waals surface area contributed by atoms with Gasteiger partial charge in [0.1, 0.15) is 0 Å². The van der Waals surface area contributed by atoms with Gasteiger partial charge < -0.3 is 14.8 Å². The minimum Gasteiger partial charge on any atom is -0.493 e. The number of benzene rings is 2. The van der Waals surface area contributed by atoms with E-state index in [1.54, 1.807) is 7.11 Å². The van der Waals surface area contributed by atoms with Crippen LogP contribution in [0.1, 0.15) is 24.5 Å². The van der Waals surface area contributed by atoms with Crippen LogP contribution in [0.3, 0.4) is 0 Å². The number of hydrogen-bond donors (Lipinski definition) is 1. The maximum absolute atomic E-state index is 12.1. The average Bonchev–Trinajstić information content (AvgIpc) is 2.59. The Hall–Kier alpha value is -2.20. The quantitative estimate of drug-likeness (QED) is 0.785. The third kappa shape index (κ3) is 5.17. The Kier molecular flexibility index (Phi) is 6.94. The lowest BCUT2D eigenvalue weighted by Gasteiger charge is -2.12. The summed E-state index contributed by atoms with van der Waals surface area (Å²) in [6, 6.07) is 13.0. The first-order valence-corrected chi connectivity index (χ1v) is 8.31. The van der Waals surface area contributed by atoms with Gasteiger partial charge in [0.05, 0.1) is 20.1 Å². The van der Waals surface area contributed by atoms with Crippen LogP contribution in [0.4, 0.5) is 0 Å². The Morgan fingerprint density at radius 1 is 1.17 bits per heavy atom. The largest absolute Gasteiger partial charge is 0.493 e. The molecule has 24 heavy (non-hydrogen) atoms. The smallest absolute Gasteiger partial charge is 0.224 e. The van der Waals surface area contributed by atoms with Crippen molar-refractivity contribution in [2.45, 2.75) is 26.3 Å². The molecule has 0 fully saturated rings. The highest BCUT2D eigenvalue weighted by Gasteiger charge is 2.09. The molecule has 0 aliphatic carbocycles. The number of amides is 1. The topological polar surface area (TPSA) is 47.6 Å². The van der Waals surface area contributed by atoms with E-state index in [2.05, 4.69) is 5.32 Å². The highest BCUT2D eigenvalue weighted by atomic mass is 35.5. The Labute approximate surface area is 147 Å². The number of ether oxygens (including phenoxy) is 2. The molecule has 0 saturated heterocycles. The molecule has 0 aromatic heterocycles. The Morgan fingerprint density at radius 2 is 1.96 bits per heavy atom. The molecule has 0 aliphatic heterocycles. The summed E-state index contributed by atoms with van der Waals surface area (Å²) in [4.78, 5) is 12.1. The number of carbonyl (C=O) groups excluding carboxylic acids is 1. The van der Waals surface area contributed by atoms with Crippen molar-refractivity contribution >= 4 is 17.5 Å². The molecular formula is C19H22ClNO3. The predicted molar refractivity (Wildman–Crippen MR) is 95.8 cm³/mol. The molecule has 0 spiro atoms. The normalized spacial score (nSPS) is 10.3. The zero-order valence-corrected chi connectivity index (χ0v) is 14.7. The van der Waals surface area contributed by atoms with Crippen molar-refractivity contribution in [1.29, 1.82) is 0 Å². The van der Waals surface area contributed by atoms with E-state index in [0.29, 0.717) is 29.7 Å². The summed E-state index contributed by atoms with van der Waals surface area (Å²) in [5, 5.41) is 3.53. The minimum atomic E-state index is -0.0702. The van der Waals surface area contributed by atoms with Gasteiger partial charge >= 0.3 is 0 Å². The van der Waals surface area contributed by atoms with Gasteiger partial charge in [-0.25, -0.2) is 0 Å². The van der Waals surface area contributed by atoms with Crippen molar-refractivity contribution < 1.29 is 14.3 Å². The Bertz CT molecular complexity index is 688. The Balaban J connectivity index is 1.95. The number of rotatable bonds is 8. The molecule has 2 rings (SSSR count). The second-order valence-electron chi connectivity index (χ2n) is 5.38. The first kappa shape index (κ1) is 18.1. The van der Waals surface area contributed by atoms with Gasteiger partial charge in [-0.15, -0.1) is 0 Å². The van der Waals surface area contributed by atoms with Crippen molar-refractivity contribution in [2.75, 3.05) is 13.7 Å². The van der Waals surface area contributed by atoms with Crippen molar-refractivity contribution in [1.82, 2.24) is 5.32 Å². The number of hydrogen-bond acceptors (Lipinski definition) is 3. The highest BCUT2D eigenvalue weighted by Crippen LogP contribution is 2.28. The van der Waals surface area contributed by atoms with Crippen molar-refractivity contribution in [3.8, 4) is 11.5 Å². The van der Waals surface area contributed by atoms with Gasteiger partial charge in [0.25, 0.3) is 0 Å². The fraction of sp³-hybridized carbons (Fsp3) is 0.316. The van der Waals surface area contributed by atoms with Gasteiger partial charge in [0.15, 0.2) is 11.5 Å². The van der Waals surface area contributed by atoms with E-state index in [1.807, 2.05) is 49.4 Å². The maximum Gasteiger partial charge on any atom is 0.224 e. The third-order valence-electron chi connectivity index (χ3n) is 3.49. The van der Waals surface area contributed by atoms with E-state index < -0.39 is 0 Å². The van der Waals surface area contributed by atoms with Gasteiger partial charge in [-0.3, -0.25) is 4.79 Å². The Morgan fingerprint density at radius 3 is 2.67 bits per heavy atom. The molecule has 0 saturated carbocycles. The number of methoxy groups -OCH3 is 1. The molecule has 0 bridgehead atoms. The van der Waals surface area contributed by atoms with Gasteiger partial charge in [-0.1, -0.05) is 42.8 Å². The summed E-state index contributed by atoms with van der Waals surface area (Å²) in [6.45, 7) is 3.09. The molecule has 4 nitrogen and oxygen atoms in total. The van der Waals surface area contributed by atoms with Crippen LogP contribution in [0.15, 0.2) is 42.5 Å². The molecule has 2 aromatic carbocycles. The summed E-state index contributed by atoms with van der Waals surface area (Å²) < 4.78 is 11.0. The predicted octanol–water partition coefficient (Wildman–Crippen LogP) is 4.00. The fourth-order valence-electron chi connectivity index (χ4n) is 2.24. The monoisotopic (exact) mass is 347 g/mol. The molecule has 0 aliphatic rings. The van der Waals surface area contributed by atoms with Gasteiger partial charge in [-0.2, -0.15) is 0 Å². The van der Waals surface area contributed by atoms with Crippen molar-refractivity contribution in [2.24, 2.45) is 0 Å². The molecule has 0 atom stereocenters. The van der Waals surface area contributed by atoms with Crippen LogP contribution in [-0.2, 0) is 17.8 Å². The lowest BCUT2D eigenvalue weighted by Crippen LogP contribution is -2.24. The van der Waals surface area contributed by atoms with E-state index in [-0.39, 0.29) is 12.3 Å². The summed E-state index contributed by atoms with van der Waals surface area (Å²) in [5.74, 6) is 1.26. The molecular weight excluding hydrogens is 326 g/mol. The molecule has 5 heteroatoms. The van der Waals surface area contributed by atoms with E-state index in [1.165, 1.54) is 0 Å². The van der Waals surface area contributed by atoms with Crippen LogP contribution in [0.2, 0.25) is 5.02 Å². The molecule has 0 heterocycles. The SMILES string of the molecule is CCCOc1ccc(CC(=O)NCc2ccccc2Cl)cc1OC. The number of nitrogens with one attached hydrogen (secondary N) is 1. The zero-order valence-electron chi connectivity index (χ0n) is 14.0. The second kappa shape index (κ2) is 9.18. The van der Waals surface area contributed by atoms with Crippen LogP contribution >= 0.6 is 11.6 Å². The van der Waals surface area contributed by atoms with E-state index in [4.69, 9.17) is 21.1 Å². The summed E-state index contributed by atoms with van der Waals surface area (Å²) in [6.07, 6.45) is 1.20. The van der Waals surface area contributed by atoms with Crippen molar-refractivity contribution in [3.05, 3.63) is 58.6 Å². The molecule has 1 amide bonds. The summed E-state index contributed by atoms with van der Waals surface area (Å²) in [7, 11) is 1.59. The first-order chi connectivity index (χ1) is 11.6. The fourth-order valence-corrected chi connectivity index (χ4v) is 2.44. The average molecular weight is 348 g/mol. The van der Waals surface area contributed by atoms with E-state index >= 15 is 0 Å². The van der Waals surface area contributed by atoms with Crippen LogP contribution in [0.5, 0.6) is 11.5 Å². The molecule has 0 radical (unpaired) electrons. The van der Waals surface area contributed by atoms with Crippen LogP contribution < -0.4 is 14.8 Å². The lowest BCUT2D eigenvalue weighted by atomic mass is 10.1. The van der Waals surface area contributed by atoms with E-state index in [0.717, 1.165) is 17.5 Å². The number of halogens is 1. The zero-order chi connectivity index (χ0) is 17.4. The van der Waals surface area contributed by atoms with Crippen molar-refractivity contribution in [3.63, 3.8) is 0 Å². The first-order valence-electron chi connectivity index (χ1n) is 7.93. The standard InChI is InChI=1S/C19H22ClNO3/c1-3-10-24-17-9-8-14(11-18(17)23-2)12-19(22)21-13-15-6-4-5-7-16(15)20/h4-9,11H,3,10,12-13H2,1-2H3,(H,21,22).